The monoisotopic (exact) mass is 311 g/mol. The predicted molar refractivity (Wildman–Crippen MR) is 79.9 cm³/mol. The van der Waals surface area contributed by atoms with Gasteiger partial charge in [-0.1, -0.05) is 13.0 Å². The summed E-state index contributed by atoms with van der Waals surface area (Å²) in [6.45, 7) is 3.84. The van der Waals surface area contributed by atoms with Gasteiger partial charge >= 0.3 is 5.97 Å². The Labute approximate surface area is 125 Å². The van der Waals surface area contributed by atoms with Crippen molar-refractivity contribution in [3.63, 3.8) is 0 Å². The lowest BCUT2D eigenvalue weighted by Gasteiger charge is -2.27. The van der Waals surface area contributed by atoms with Crippen LogP contribution in [0.3, 0.4) is 0 Å². The van der Waals surface area contributed by atoms with E-state index in [4.69, 9.17) is 5.11 Å². The van der Waals surface area contributed by atoms with E-state index in [1.165, 1.54) is 18.2 Å². The van der Waals surface area contributed by atoms with Crippen molar-refractivity contribution in [2.45, 2.75) is 50.5 Å². The van der Waals surface area contributed by atoms with Crippen molar-refractivity contribution in [1.82, 2.24) is 4.72 Å². The molecule has 21 heavy (non-hydrogen) atoms. The number of rotatable bonds is 4. The molecule has 0 unspecified atom stereocenters. The Hall–Kier alpha value is -1.40. The van der Waals surface area contributed by atoms with Crippen LogP contribution in [0.2, 0.25) is 0 Å². The summed E-state index contributed by atoms with van der Waals surface area (Å²) in [5.74, 6) is -0.485. The molecule has 2 rings (SSSR count). The lowest BCUT2D eigenvalue weighted by atomic mass is 9.88. The minimum Gasteiger partial charge on any atom is -0.478 e. The van der Waals surface area contributed by atoms with Crippen LogP contribution in [0.15, 0.2) is 23.1 Å². The highest BCUT2D eigenvalue weighted by Crippen LogP contribution is 2.25. The molecule has 1 fully saturated rings. The Morgan fingerprint density at radius 2 is 1.86 bits per heavy atom. The van der Waals surface area contributed by atoms with E-state index < -0.39 is 16.0 Å². The smallest absolute Gasteiger partial charge is 0.335 e. The van der Waals surface area contributed by atoms with Crippen LogP contribution in [0.4, 0.5) is 0 Å². The number of aromatic carboxylic acids is 1. The average molecular weight is 311 g/mol. The molecule has 1 aromatic carbocycles. The number of carboxylic acid groups (broad SMARTS) is 1. The topological polar surface area (TPSA) is 83.5 Å². The maximum Gasteiger partial charge on any atom is 0.335 e. The Morgan fingerprint density at radius 3 is 2.43 bits per heavy atom. The minimum absolute atomic E-state index is 0.0155. The van der Waals surface area contributed by atoms with Crippen LogP contribution in [0.1, 0.15) is 48.5 Å². The van der Waals surface area contributed by atoms with Crippen molar-refractivity contribution in [1.29, 1.82) is 0 Å². The van der Waals surface area contributed by atoms with Gasteiger partial charge < -0.3 is 5.11 Å². The van der Waals surface area contributed by atoms with Crippen LogP contribution in [0.5, 0.6) is 0 Å². The third-order valence-corrected chi connectivity index (χ3v) is 5.72. The average Bonchev–Trinajstić information content (AvgIpc) is 2.41. The first-order valence-corrected chi connectivity index (χ1v) is 8.64. The Balaban J connectivity index is 2.23. The van der Waals surface area contributed by atoms with Gasteiger partial charge in [0.2, 0.25) is 10.0 Å². The molecule has 5 nitrogen and oxygen atoms in total. The molecule has 0 amide bonds. The van der Waals surface area contributed by atoms with Crippen molar-refractivity contribution in [2.75, 3.05) is 0 Å². The number of nitrogens with one attached hydrogen (secondary N) is 1. The van der Waals surface area contributed by atoms with E-state index in [2.05, 4.69) is 11.6 Å². The highest BCUT2D eigenvalue weighted by atomic mass is 32.2. The minimum atomic E-state index is -3.68. The van der Waals surface area contributed by atoms with Crippen LogP contribution < -0.4 is 4.72 Å². The van der Waals surface area contributed by atoms with Crippen LogP contribution in [-0.2, 0) is 10.0 Å². The molecule has 0 aliphatic heterocycles. The van der Waals surface area contributed by atoms with Crippen molar-refractivity contribution in [3.8, 4) is 0 Å². The predicted octanol–water partition coefficient (Wildman–Crippen LogP) is 2.55. The summed E-state index contributed by atoms with van der Waals surface area (Å²) in [4.78, 5) is 11.1. The van der Waals surface area contributed by atoms with Gasteiger partial charge in [-0.3, -0.25) is 0 Å². The maximum atomic E-state index is 12.5. The quantitative estimate of drug-likeness (QED) is 0.895. The van der Waals surface area contributed by atoms with Crippen LogP contribution in [0, 0.1) is 12.8 Å². The standard InChI is InChI=1S/C15H21NO4S/c1-10-3-7-13(8-4-10)16-21(19,20)14-9-12(15(17)18)6-5-11(14)2/h5-6,9-10,13,16H,3-4,7-8H2,1-2H3,(H,17,18). The maximum absolute atomic E-state index is 12.5. The van der Waals surface area contributed by atoms with Gasteiger partial charge in [0.15, 0.2) is 0 Å². The number of hydrogen-bond acceptors (Lipinski definition) is 3. The molecule has 1 aliphatic rings. The second kappa shape index (κ2) is 6.15. The first kappa shape index (κ1) is 16.0. The van der Waals surface area contributed by atoms with Gasteiger partial charge in [-0.15, -0.1) is 0 Å². The fraction of sp³-hybridized carbons (Fsp3) is 0.533. The number of aryl methyl sites for hydroxylation is 1. The summed E-state index contributed by atoms with van der Waals surface area (Å²) in [5, 5.41) is 9.00. The molecule has 0 saturated heterocycles. The molecule has 0 spiro atoms. The molecule has 0 aromatic heterocycles. The van der Waals surface area contributed by atoms with E-state index in [1.54, 1.807) is 6.92 Å². The molecule has 0 bridgehead atoms. The zero-order chi connectivity index (χ0) is 15.6. The van der Waals surface area contributed by atoms with Gasteiger partial charge in [-0.2, -0.15) is 0 Å². The van der Waals surface area contributed by atoms with Crippen molar-refractivity contribution in [3.05, 3.63) is 29.3 Å². The lowest BCUT2D eigenvalue weighted by molar-refractivity contribution is 0.0696. The van der Waals surface area contributed by atoms with Gasteiger partial charge in [0.25, 0.3) is 0 Å². The number of sulfonamides is 1. The molecule has 0 heterocycles. The van der Waals surface area contributed by atoms with Gasteiger partial charge in [-0.05, 0) is 56.2 Å². The van der Waals surface area contributed by atoms with E-state index in [9.17, 15) is 13.2 Å². The largest absolute Gasteiger partial charge is 0.478 e. The summed E-state index contributed by atoms with van der Waals surface area (Å²) >= 11 is 0. The van der Waals surface area contributed by atoms with E-state index in [1.807, 2.05) is 0 Å². The Morgan fingerprint density at radius 1 is 1.24 bits per heavy atom. The fourth-order valence-corrected chi connectivity index (χ4v) is 4.26. The zero-order valence-corrected chi connectivity index (χ0v) is 13.1. The number of hydrogen-bond donors (Lipinski definition) is 2. The van der Waals surface area contributed by atoms with E-state index in [0.29, 0.717) is 11.5 Å². The summed E-state index contributed by atoms with van der Waals surface area (Å²) in [6, 6.07) is 4.12. The molecule has 1 aromatic rings. The summed E-state index contributed by atoms with van der Waals surface area (Å²) in [5.41, 5.74) is 0.537. The van der Waals surface area contributed by atoms with Crippen LogP contribution in [-0.4, -0.2) is 25.5 Å². The number of benzene rings is 1. The van der Waals surface area contributed by atoms with Crippen molar-refractivity contribution >= 4 is 16.0 Å². The van der Waals surface area contributed by atoms with Gasteiger partial charge in [0.05, 0.1) is 10.5 Å². The first-order chi connectivity index (χ1) is 9.79. The van der Waals surface area contributed by atoms with Gasteiger partial charge in [-0.25, -0.2) is 17.9 Å². The molecule has 2 N–H and O–H groups in total. The van der Waals surface area contributed by atoms with E-state index >= 15 is 0 Å². The molecular formula is C15H21NO4S. The SMILES string of the molecule is Cc1ccc(C(=O)O)cc1S(=O)(=O)NC1CCC(C)CC1. The van der Waals surface area contributed by atoms with E-state index in [0.717, 1.165) is 25.7 Å². The Kier molecular flexibility index (Phi) is 4.68. The van der Waals surface area contributed by atoms with Crippen molar-refractivity contribution < 1.29 is 18.3 Å². The highest BCUT2D eigenvalue weighted by molar-refractivity contribution is 7.89. The van der Waals surface area contributed by atoms with Crippen LogP contribution >= 0.6 is 0 Å². The first-order valence-electron chi connectivity index (χ1n) is 7.16. The Bertz CT molecular complexity index is 631. The second-order valence-electron chi connectivity index (χ2n) is 5.86. The number of carboxylic acids is 1. The second-order valence-corrected chi connectivity index (χ2v) is 7.55. The summed E-state index contributed by atoms with van der Waals surface area (Å²) < 4.78 is 27.7. The van der Waals surface area contributed by atoms with E-state index in [-0.39, 0.29) is 16.5 Å². The third kappa shape index (κ3) is 3.83. The lowest BCUT2D eigenvalue weighted by Crippen LogP contribution is -2.37. The third-order valence-electron chi connectivity index (χ3n) is 4.06. The zero-order valence-electron chi connectivity index (χ0n) is 12.3. The van der Waals surface area contributed by atoms with Gasteiger partial charge in [0, 0.05) is 6.04 Å². The molecule has 116 valence electrons. The van der Waals surface area contributed by atoms with Crippen molar-refractivity contribution in [2.24, 2.45) is 5.92 Å². The fourth-order valence-electron chi connectivity index (χ4n) is 2.68. The molecule has 0 radical (unpaired) electrons. The molecule has 1 aliphatic carbocycles. The van der Waals surface area contributed by atoms with Crippen LogP contribution in [0.25, 0.3) is 0 Å². The summed E-state index contributed by atoms with van der Waals surface area (Å²) in [7, 11) is -3.68. The normalized spacial score (nSPS) is 23.0. The molecular weight excluding hydrogens is 290 g/mol. The molecule has 6 heteroatoms. The van der Waals surface area contributed by atoms with Gasteiger partial charge in [0.1, 0.15) is 0 Å². The number of carbonyl (C=O) groups is 1. The summed E-state index contributed by atoms with van der Waals surface area (Å²) in [6.07, 6.45) is 3.69. The highest BCUT2D eigenvalue weighted by Gasteiger charge is 2.25. The molecule has 1 saturated carbocycles. The molecule has 0 atom stereocenters.